The van der Waals surface area contributed by atoms with Gasteiger partial charge in [0, 0.05) is 17.7 Å². The van der Waals surface area contributed by atoms with E-state index in [0.29, 0.717) is 5.56 Å². The van der Waals surface area contributed by atoms with E-state index in [1.165, 1.54) is 32.2 Å². The zero-order chi connectivity index (χ0) is 14.6. The van der Waals surface area contributed by atoms with Gasteiger partial charge in [-0.05, 0) is 24.6 Å². The van der Waals surface area contributed by atoms with Gasteiger partial charge >= 0.3 is 5.97 Å². The maximum Gasteiger partial charge on any atom is 0.338 e. The Morgan fingerprint density at radius 3 is 2.53 bits per heavy atom. The molecule has 0 saturated carbocycles. The zero-order valence-electron chi connectivity index (χ0n) is 10.4. The average Bonchev–Trinajstić information content (AvgIpc) is 2.36. The smallest absolute Gasteiger partial charge is 0.338 e. The van der Waals surface area contributed by atoms with Gasteiger partial charge in [-0.25, -0.2) is 4.79 Å². The first-order valence-corrected chi connectivity index (χ1v) is 5.21. The lowest BCUT2D eigenvalue weighted by molar-refractivity contribution is -0.385. The Morgan fingerprint density at radius 2 is 2.05 bits per heavy atom. The molecule has 0 aliphatic carbocycles. The van der Waals surface area contributed by atoms with Gasteiger partial charge in [-0.1, -0.05) is 0 Å². The fraction of sp³-hybridized carbons (Fsp3) is 0.167. The van der Waals surface area contributed by atoms with Gasteiger partial charge in [-0.15, -0.1) is 0 Å². The van der Waals surface area contributed by atoms with Crippen LogP contribution in [0.5, 0.6) is 0 Å². The van der Waals surface area contributed by atoms with E-state index in [1.807, 2.05) is 0 Å². The highest BCUT2D eigenvalue weighted by Gasteiger charge is 2.20. The highest BCUT2D eigenvalue weighted by Crippen LogP contribution is 2.25. The van der Waals surface area contributed by atoms with Crippen molar-refractivity contribution in [2.45, 2.75) is 6.92 Å². The molecular formula is C12H12N2O5. The van der Waals surface area contributed by atoms with E-state index in [0.717, 1.165) is 6.08 Å². The third kappa shape index (κ3) is 3.38. The molecule has 19 heavy (non-hydrogen) atoms. The van der Waals surface area contributed by atoms with Gasteiger partial charge in [0.05, 0.1) is 17.6 Å². The average molecular weight is 264 g/mol. The Morgan fingerprint density at radius 1 is 1.42 bits per heavy atom. The number of carbonyl (C=O) groups is 2. The third-order valence-corrected chi connectivity index (χ3v) is 2.44. The van der Waals surface area contributed by atoms with Crippen molar-refractivity contribution in [3.63, 3.8) is 0 Å². The standard InChI is InChI=1S/C12H12N2O5/c1-7-9(12(16)19-2)5-8(3-4-11(13)15)6-10(7)14(17)18/h3-6H,1-2H3,(H2,13,15). The Kier molecular flexibility index (Phi) is 4.36. The predicted molar refractivity (Wildman–Crippen MR) is 67.4 cm³/mol. The summed E-state index contributed by atoms with van der Waals surface area (Å²) >= 11 is 0. The molecule has 2 N–H and O–H groups in total. The summed E-state index contributed by atoms with van der Waals surface area (Å²) in [7, 11) is 1.18. The van der Waals surface area contributed by atoms with Gasteiger partial charge in [0.25, 0.3) is 5.69 Å². The number of primary amides is 1. The number of esters is 1. The van der Waals surface area contributed by atoms with Crippen LogP contribution in [0.4, 0.5) is 5.69 Å². The van der Waals surface area contributed by atoms with E-state index >= 15 is 0 Å². The van der Waals surface area contributed by atoms with E-state index < -0.39 is 16.8 Å². The second-order valence-electron chi connectivity index (χ2n) is 3.70. The molecule has 0 aromatic heterocycles. The monoisotopic (exact) mass is 264 g/mol. The molecule has 7 heteroatoms. The Labute approximate surface area is 108 Å². The number of benzene rings is 1. The van der Waals surface area contributed by atoms with E-state index in [-0.39, 0.29) is 16.8 Å². The van der Waals surface area contributed by atoms with Crippen molar-refractivity contribution in [2.24, 2.45) is 5.73 Å². The van der Waals surface area contributed by atoms with Crippen molar-refractivity contribution < 1.29 is 19.2 Å². The van der Waals surface area contributed by atoms with Crippen molar-refractivity contribution in [1.82, 2.24) is 0 Å². The van der Waals surface area contributed by atoms with E-state index in [9.17, 15) is 19.7 Å². The normalized spacial score (nSPS) is 10.4. The number of nitrogens with zero attached hydrogens (tertiary/aromatic N) is 1. The molecule has 0 atom stereocenters. The fourth-order valence-electron chi connectivity index (χ4n) is 1.51. The number of carbonyl (C=O) groups excluding carboxylic acids is 2. The molecule has 0 heterocycles. The molecule has 0 fully saturated rings. The second-order valence-corrected chi connectivity index (χ2v) is 3.70. The first-order chi connectivity index (χ1) is 8.86. The predicted octanol–water partition coefficient (Wildman–Crippen LogP) is 1.19. The third-order valence-electron chi connectivity index (χ3n) is 2.44. The maximum atomic E-state index is 11.5. The molecular weight excluding hydrogens is 252 g/mol. The van der Waals surface area contributed by atoms with Crippen LogP contribution in [-0.4, -0.2) is 23.9 Å². The molecule has 0 aliphatic heterocycles. The van der Waals surface area contributed by atoms with Crippen LogP contribution in [0, 0.1) is 17.0 Å². The number of hydrogen-bond acceptors (Lipinski definition) is 5. The Bertz CT molecular complexity index is 578. The summed E-state index contributed by atoms with van der Waals surface area (Å²) in [4.78, 5) is 32.5. The lowest BCUT2D eigenvalue weighted by Crippen LogP contribution is -2.07. The van der Waals surface area contributed by atoms with Crippen molar-refractivity contribution in [3.05, 3.63) is 45.0 Å². The number of amides is 1. The van der Waals surface area contributed by atoms with Crippen molar-refractivity contribution in [1.29, 1.82) is 0 Å². The van der Waals surface area contributed by atoms with Crippen molar-refractivity contribution in [2.75, 3.05) is 7.11 Å². The van der Waals surface area contributed by atoms with Gasteiger partial charge < -0.3 is 10.5 Å². The van der Waals surface area contributed by atoms with Crippen molar-refractivity contribution >= 4 is 23.6 Å². The summed E-state index contributed by atoms with van der Waals surface area (Å²) in [6, 6.07) is 2.65. The van der Waals surface area contributed by atoms with Crippen LogP contribution in [0.25, 0.3) is 6.08 Å². The number of nitro groups is 1. The van der Waals surface area contributed by atoms with Crippen LogP contribution in [0.15, 0.2) is 18.2 Å². The summed E-state index contributed by atoms with van der Waals surface area (Å²) in [5.74, 6) is -1.38. The number of methoxy groups -OCH3 is 1. The second kappa shape index (κ2) is 5.76. The quantitative estimate of drug-likeness (QED) is 0.380. The largest absolute Gasteiger partial charge is 0.465 e. The highest BCUT2D eigenvalue weighted by molar-refractivity contribution is 5.94. The van der Waals surface area contributed by atoms with E-state index in [4.69, 9.17) is 5.73 Å². The molecule has 7 nitrogen and oxygen atoms in total. The summed E-state index contributed by atoms with van der Waals surface area (Å²) < 4.78 is 4.56. The molecule has 1 rings (SSSR count). The topological polar surface area (TPSA) is 113 Å². The minimum Gasteiger partial charge on any atom is -0.465 e. The lowest BCUT2D eigenvalue weighted by Gasteiger charge is -2.06. The maximum absolute atomic E-state index is 11.5. The minimum absolute atomic E-state index is 0.0702. The SMILES string of the molecule is COC(=O)c1cc(C=CC(N)=O)cc([N+](=O)[O-])c1C. The highest BCUT2D eigenvalue weighted by atomic mass is 16.6. The molecule has 0 saturated heterocycles. The van der Waals surface area contributed by atoms with Crippen LogP contribution in [0.2, 0.25) is 0 Å². The molecule has 0 bridgehead atoms. The lowest BCUT2D eigenvalue weighted by atomic mass is 10.0. The van der Waals surface area contributed by atoms with Crippen LogP contribution in [0.1, 0.15) is 21.5 Å². The molecule has 0 spiro atoms. The van der Waals surface area contributed by atoms with Gasteiger partial charge in [0.15, 0.2) is 0 Å². The Hall–Kier alpha value is -2.70. The number of nitrogens with two attached hydrogens (primary N) is 1. The molecule has 1 aromatic rings. The van der Waals surface area contributed by atoms with Gasteiger partial charge in [-0.2, -0.15) is 0 Å². The summed E-state index contributed by atoms with van der Waals surface area (Å²) in [5.41, 5.74) is 5.30. The fourth-order valence-corrected chi connectivity index (χ4v) is 1.51. The summed E-state index contributed by atoms with van der Waals surface area (Å²) in [5, 5.41) is 10.9. The zero-order valence-corrected chi connectivity index (χ0v) is 10.4. The molecule has 0 radical (unpaired) electrons. The summed E-state index contributed by atoms with van der Waals surface area (Å²) in [6.07, 6.45) is 2.34. The first-order valence-electron chi connectivity index (χ1n) is 5.21. The van der Waals surface area contributed by atoms with Crippen molar-refractivity contribution in [3.8, 4) is 0 Å². The molecule has 0 unspecified atom stereocenters. The first kappa shape index (κ1) is 14.4. The van der Waals surface area contributed by atoms with Gasteiger partial charge in [0.1, 0.15) is 0 Å². The summed E-state index contributed by atoms with van der Waals surface area (Å²) in [6.45, 7) is 1.45. The van der Waals surface area contributed by atoms with Gasteiger partial charge in [0.2, 0.25) is 5.91 Å². The van der Waals surface area contributed by atoms with Crippen LogP contribution in [-0.2, 0) is 9.53 Å². The number of hydrogen-bond donors (Lipinski definition) is 1. The van der Waals surface area contributed by atoms with E-state index in [2.05, 4.69) is 4.74 Å². The Balaban J connectivity index is 3.43. The van der Waals surface area contributed by atoms with Gasteiger partial charge in [-0.3, -0.25) is 14.9 Å². The minimum atomic E-state index is -0.692. The molecule has 1 aromatic carbocycles. The number of ether oxygens (including phenoxy) is 1. The van der Waals surface area contributed by atoms with Crippen LogP contribution < -0.4 is 5.73 Å². The van der Waals surface area contributed by atoms with Crippen LogP contribution in [0.3, 0.4) is 0 Å². The molecule has 0 aliphatic rings. The number of nitro benzene ring substituents is 1. The molecule has 100 valence electrons. The van der Waals surface area contributed by atoms with E-state index in [1.54, 1.807) is 0 Å². The molecule has 1 amide bonds. The van der Waals surface area contributed by atoms with Crippen LogP contribution >= 0.6 is 0 Å². The number of rotatable bonds is 4.